The Bertz CT molecular complexity index is 735. The Hall–Kier alpha value is -0.830. The number of alkyl halides is 1. The van der Waals surface area contributed by atoms with Crippen molar-refractivity contribution in [3.05, 3.63) is 0 Å². The summed E-state index contributed by atoms with van der Waals surface area (Å²) in [6, 6.07) is 0. The highest BCUT2D eigenvalue weighted by Crippen LogP contribution is 2.09. The van der Waals surface area contributed by atoms with Crippen molar-refractivity contribution in [1.29, 1.82) is 0 Å². The molecule has 0 aliphatic rings. The quantitative estimate of drug-likeness (QED) is 0.112. The molecule has 0 unspecified atom stereocenters. The van der Waals surface area contributed by atoms with Gasteiger partial charge in [0.2, 0.25) is 0 Å². The monoisotopic (exact) mass is 753 g/mol. The number of ether oxygens (including phenoxy) is 6. The molecule has 0 radical (unpaired) electrons. The van der Waals surface area contributed by atoms with Gasteiger partial charge in [0.1, 0.15) is 6.61 Å². The third-order valence-corrected chi connectivity index (χ3v) is 4.80. The Balaban J connectivity index is -0.0000000909. The molecule has 0 spiro atoms. The maximum atomic E-state index is 5.47. The van der Waals surface area contributed by atoms with E-state index in [0.29, 0.717) is 25.5 Å². The molecule has 0 saturated heterocycles. The fraction of sp³-hybridized carbons (Fsp3) is 0.909. The van der Waals surface area contributed by atoms with E-state index in [4.69, 9.17) is 52.9 Å². The van der Waals surface area contributed by atoms with Gasteiger partial charge in [0.15, 0.2) is 0 Å². The highest BCUT2D eigenvalue weighted by Gasteiger charge is 2.10. The van der Waals surface area contributed by atoms with Crippen LogP contribution in [-0.2, 0) is 28.4 Å². The van der Waals surface area contributed by atoms with Gasteiger partial charge in [-0.1, -0.05) is 33.6 Å². The minimum absolute atomic E-state index is 0. The van der Waals surface area contributed by atoms with Gasteiger partial charge in [0.05, 0.1) is 40.2 Å². The first-order chi connectivity index (χ1) is 22.4. The minimum Gasteiger partial charge on any atom is -0.376 e. The Morgan fingerprint density at radius 2 is 0.765 bits per heavy atom. The zero-order valence-electron chi connectivity index (χ0n) is 37.5. The molecule has 0 aliphatic carbocycles. The molecule has 0 N–H and O–H groups in total. The van der Waals surface area contributed by atoms with Crippen LogP contribution >= 0.6 is 11.6 Å². The first-order valence-corrected chi connectivity index (χ1v) is 19.2. The molecule has 0 aromatic carbocycles. The van der Waals surface area contributed by atoms with Gasteiger partial charge in [-0.25, -0.2) is 0 Å². The molecule has 0 aromatic heterocycles. The lowest BCUT2D eigenvalue weighted by Gasteiger charge is -2.18. The molecule has 0 amide bonds. The van der Waals surface area contributed by atoms with Crippen molar-refractivity contribution in [3.8, 4) is 24.7 Å². The molecule has 0 rings (SSSR count). The molecule has 0 atom stereocenters. The average molecular weight is 754 g/mol. The number of terminal acetylenes is 2. The van der Waals surface area contributed by atoms with Crippen LogP contribution in [0.4, 0.5) is 0 Å². The van der Waals surface area contributed by atoms with E-state index in [1.807, 2.05) is 69.2 Å². The smallest absolute Gasteiger partial charge is 0.108 e. The van der Waals surface area contributed by atoms with Crippen molar-refractivity contribution in [2.24, 2.45) is 0 Å². The molecule has 6 nitrogen and oxygen atoms in total. The lowest BCUT2D eigenvalue weighted by molar-refractivity contribution is -0.00429. The molecule has 0 aromatic rings. The lowest BCUT2D eigenvalue weighted by atomic mass is 10.2. The van der Waals surface area contributed by atoms with Gasteiger partial charge in [0.25, 0.3) is 0 Å². The minimum atomic E-state index is -0.0909. The Labute approximate surface area is 327 Å². The topological polar surface area (TPSA) is 55.4 Å². The summed E-state index contributed by atoms with van der Waals surface area (Å²) in [5.74, 6) is 5.61. The van der Waals surface area contributed by atoms with E-state index in [2.05, 4.69) is 88.0 Å². The number of unbranched alkanes of at least 4 members (excludes halogenated alkanes) is 1. The van der Waals surface area contributed by atoms with Crippen LogP contribution in [0.2, 0.25) is 0 Å². The molecule has 0 saturated carbocycles. The number of hydrogen-bond acceptors (Lipinski definition) is 6. The molecule has 0 fully saturated rings. The van der Waals surface area contributed by atoms with Gasteiger partial charge >= 0.3 is 0 Å². The molecular weight excluding hydrogens is 660 g/mol. The first-order valence-electron chi connectivity index (χ1n) is 18.6. The molecule has 0 bridgehead atoms. The van der Waals surface area contributed by atoms with Crippen LogP contribution in [0, 0.1) is 24.7 Å². The summed E-state index contributed by atoms with van der Waals surface area (Å²) in [6.07, 6.45) is 15.1. The third-order valence-electron chi connectivity index (χ3n) is 4.53. The highest BCUT2D eigenvalue weighted by atomic mass is 35.5. The van der Waals surface area contributed by atoms with Gasteiger partial charge in [-0.05, 0) is 151 Å². The summed E-state index contributed by atoms with van der Waals surface area (Å²) in [5.41, 5.74) is 0.00914. The van der Waals surface area contributed by atoms with E-state index in [9.17, 15) is 0 Å². The van der Waals surface area contributed by atoms with Gasteiger partial charge in [-0.3, -0.25) is 0 Å². The van der Waals surface area contributed by atoms with Crippen LogP contribution in [0.1, 0.15) is 185 Å². The number of rotatable bonds is 12. The van der Waals surface area contributed by atoms with Crippen molar-refractivity contribution < 1.29 is 28.4 Å². The average Bonchev–Trinajstić information content (AvgIpc) is 2.90. The summed E-state index contributed by atoms with van der Waals surface area (Å²) < 4.78 is 31.9. The van der Waals surface area contributed by atoms with Crippen LogP contribution in [0.25, 0.3) is 0 Å². The SMILES string of the molecule is C.C#CCCOC(C)(C)C.C#CCOC(C)(C)C.CC(C)(C)OCCCCl.CCCCOC(C)(C)C.CCCOC(C)(C)C.CCOC(C)(C)C. The maximum Gasteiger partial charge on any atom is 0.108 e. The van der Waals surface area contributed by atoms with Crippen LogP contribution < -0.4 is 0 Å². The zero-order chi connectivity index (χ0) is 41.1. The van der Waals surface area contributed by atoms with Crippen LogP contribution in [0.5, 0.6) is 0 Å². The van der Waals surface area contributed by atoms with Crippen molar-refractivity contribution in [2.75, 3.05) is 45.5 Å². The molecular formula is C44H93ClO6. The van der Waals surface area contributed by atoms with Crippen molar-refractivity contribution in [2.45, 2.75) is 219 Å². The predicted octanol–water partition coefficient (Wildman–Crippen LogP) is 13.0. The summed E-state index contributed by atoms with van der Waals surface area (Å²) in [4.78, 5) is 0. The van der Waals surface area contributed by atoms with Gasteiger partial charge < -0.3 is 28.4 Å². The van der Waals surface area contributed by atoms with Gasteiger partial charge in [0, 0.05) is 38.7 Å². The van der Waals surface area contributed by atoms with Crippen LogP contribution in [0.3, 0.4) is 0 Å². The first kappa shape index (κ1) is 65.1. The normalized spacial score (nSPS) is 11.4. The van der Waals surface area contributed by atoms with Gasteiger partial charge in [-0.15, -0.1) is 30.4 Å². The summed E-state index contributed by atoms with van der Waals surface area (Å²) in [5, 5.41) is 0. The second-order valence-corrected chi connectivity index (χ2v) is 17.7. The molecule has 312 valence electrons. The second-order valence-electron chi connectivity index (χ2n) is 17.3. The highest BCUT2D eigenvalue weighted by molar-refractivity contribution is 6.17. The number of halogens is 1. The van der Waals surface area contributed by atoms with E-state index in [-0.39, 0.29) is 41.0 Å². The van der Waals surface area contributed by atoms with E-state index >= 15 is 0 Å². The van der Waals surface area contributed by atoms with Crippen molar-refractivity contribution in [1.82, 2.24) is 0 Å². The summed E-state index contributed by atoms with van der Waals surface area (Å²) >= 11 is 5.45. The predicted molar refractivity (Wildman–Crippen MR) is 229 cm³/mol. The third kappa shape index (κ3) is 113. The molecule has 0 heterocycles. The van der Waals surface area contributed by atoms with Crippen molar-refractivity contribution in [3.63, 3.8) is 0 Å². The second kappa shape index (κ2) is 37.5. The van der Waals surface area contributed by atoms with Crippen LogP contribution in [0.15, 0.2) is 0 Å². The fourth-order valence-corrected chi connectivity index (χ4v) is 2.58. The Morgan fingerprint density at radius 1 is 0.431 bits per heavy atom. The Kier molecular flexibility index (Phi) is 47.8. The maximum absolute atomic E-state index is 5.47. The summed E-state index contributed by atoms with van der Waals surface area (Å²) in [6.45, 7) is 47.5. The molecule has 7 heteroatoms. The number of hydrogen-bond donors (Lipinski definition) is 0. The van der Waals surface area contributed by atoms with Crippen molar-refractivity contribution >= 4 is 11.6 Å². The molecule has 51 heavy (non-hydrogen) atoms. The summed E-state index contributed by atoms with van der Waals surface area (Å²) in [7, 11) is 0. The van der Waals surface area contributed by atoms with E-state index in [1.165, 1.54) is 12.8 Å². The van der Waals surface area contributed by atoms with E-state index in [1.54, 1.807) is 0 Å². The standard InChI is InChI=1S/C8H18O.C8H14O.C7H15ClO.C7H16O.C7H12O.C6H14O.CH4/c2*1-5-6-7-9-8(2,3)4;1-7(2,3)9-6-4-5-8;2*1-5-6-8-7(2,3)4;1-5-7-6(2,3)4;/h5-7H2,1-4H3;1H,6-7H2,2-4H3;4-6H2,1-3H3;5-6H2,1-4H3;1H,6H2,2-4H3;5H2,1-4H3;1H4. The zero-order valence-corrected chi connectivity index (χ0v) is 38.2. The molecule has 0 aliphatic heterocycles. The largest absolute Gasteiger partial charge is 0.376 e. The van der Waals surface area contributed by atoms with Gasteiger partial charge in [-0.2, -0.15) is 0 Å². The fourth-order valence-electron chi connectivity index (χ4n) is 2.47. The lowest BCUT2D eigenvalue weighted by Crippen LogP contribution is -2.19. The van der Waals surface area contributed by atoms with Crippen LogP contribution in [-0.4, -0.2) is 79.1 Å². The Morgan fingerprint density at radius 3 is 0.961 bits per heavy atom. The van der Waals surface area contributed by atoms with E-state index in [0.717, 1.165) is 39.3 Å². The van der Waals surface area contributed by atoms with E-state index < -0.39 is 0 Å².